The molecule has 0 saturated heterocycles. The van der Waals surface area contributed by atoms with Crippen molar-refractivity contribution in [2.75, 3.05) is 0 Å². The van der Waals surface area contributed by atoms with Crippen molar-refractivity contribution in [2.45, 2.75) is 51.9 Å². The van der Waals surface area contributed by atoms with Crippen LogP contribution in [0.4, 0.5) is 0 Å². The first-order valence-corrected chi connectivity index (χ1v) is 5.24. The SMILES string of the molecule is CC#CCC(=O)CC1CCCCC1. The van der Waals surface area contributed by atoms with E-state index in [0.29, 0.717) is 18.1 Å². The summed E-state index contributed by atoms with van der Waals surface area (Å²) >= 11 is 0. The van der Waals surface area contributed by atoms with E-state index in [1.807, 2.05) is 0 Å². The largest absolute Gasteiger partial charge is 0.299 e. The van der Waals surface area contributed by atoms with E-state index in [-0.39, 0.29) is 0 Å². The third kappa shape index (κ3) is 4.12. The molecule has 0 amide bonds. The summed E-state index contributed by atoms with van der Waals surface area (Å²) in [5, 5.41) is 0. The summed E-state index contributed by atoms with van der Waals surface area (Å²) < 4.78 is 0. The average molecular weight is 178 g/mol. The Balaban J connectivity index is 2.20. The molecule has 72 valence electrons. The average Bonchev–Trinajstić information content (AvgIpc) is 2.16. The molecule has 0 aromatic carbocycles. The van der Waals surface area contributed by atoms with Gasteiger partial charge in [0, 0.05) is 6.42 Å². The summed E-state index contributed by atoms with van der Waals surface area (Å²) in [6.07, 6.45) is 7.74. The number of hydrogen-bond acceptors (Lipinski definition) is 1. The van der Waals surface area contributed by atoms with Gasteiger partial charge in [-0.15, -0.1) is 5.92 Å². The van der Waals surface area contributed by atoms with E-state index in [9.17, 15) is 4.79 Å². The van der Waals surface area contributed by atoms with Gasteiger partial charge < -0.3 is 0 Å². The lowest BCUT2D eigenvalue weighted by Gasteiger charge is -2.20. The van der Waals surface area contributed by atoms with Gasteiger partial charge in [0.2, 0.25) is 0 Å². The van der Waals surface area contributed by atoms with Crippen LogP contribution < -0.4 is 0 Å². The molecule has 0 radical (unpaired) electrons. The lowest BCUT2D eigenvalue weighted by atomic mass is 9.85. The van der Waals surface area contributed by atoms with Crippen molar-refractivity contribution >= 4 is 5.78 Å². The van der Waals surface area contributed by atoms with Crippen molar-refractivity contribution in [3.63, 3.8) is 0 Å². The molecular formula is C12H18O. The van der Waals surface area contributed by atoms with Crippen molar-refractivity contribution in [1.82, 2.24) is 0 Å². The van der Waals surface area contributed by atoms with Gasteiger partial charge in [-0.1, -0.05) is 38.0 Å². The highest BCUT2D eigenvalue weighted by molar-refractivity contribution is 5.80. The topological polar surface area (TPSA) is 17.1 Å². The van der Waals surface area contributed by atoms with Crippen LogP contribution in [0.5, 0.6) is 0 Å². The summed E-state index contributed by atoms with van der Waals surface area (Å²) in [5.41, 5.74) is 0. The minimum Gasteiger partial charge on any atom is -0.299 e. The second-order valence-electron chi connectivity index (χ2n) is 3.85. The van der Waals surface area contributed by atoms with Crippen molar-refractivity contribution in [2.24, 2.45) is 5.92 Å². The first-order chi connectivity index (χ1) is 6.33. The number of rotatable bonds is 3. The Morgan fingerprint density at radius 1 is 1.31 bits per heavy atom. The van der Waals surface area contributed by atoms with Gasteiger partial charge in [0.05, 0.1) is 6.42 Å². The minimum absolute atomic E-state index is 0.334. The maximum atomic E-state index is 11.4. The van der Waals surface area contributed by atoms with Crippen LogP contribution in [0.3, 0.4) is 0 Å². The molecule has 1 saturated carbocycles. The summed E-state index contributed by atoms with van der Waals surface area (Å²) in [4.78, 5) is 11.4. The van der Waals surface area contributed by atoms with Crippen LogP contribution in [-0.4, -0.2) is 5.78 Å². The first kappa shape index (κ1) is 10.3. The molecular weight excluding hydrogens is 160 g/mol. The van der Waals surface area contributed by atoms with Gasteiger partial charge in [-0.2, -0.15) is 0 Å². The van der Waals surface area contributed by atoms with Gasteiger partial charge in [-0.25, -0.2) is 0 Å². The van der Waals surface area contributed by atoms with Crippen molar-refractivity contribution in [3.8, 4) is 11.8 Å². The van der Waals surface area contributed by atoms with E-state index in [1.165, 1.54) is 32.1 Å². The second kappa shape index (κ2) is 5.80. The molecule has 1 fully saturated rings. The zero-order valence-corrected chi connectivity index (χ0v) is 8.44. The molecule has 1 aliphatic carbocycles. The van der Waals surface area contributed by atoms with Crippen molar-refractivity contribution in [1.29, 1.82) is 0 Å². The molecule has 1 aliphatic rings. The van der Waals surface area contributed by atoms with Crippen LogP contribution >= 0.6 is 0 Å². The van der Waals surface area contributed by atoms with E-state index >= 15 is 0 Å². The predicted molar refractivity (Wildman–Crippen MR) is 54.3 cm³/mol. The number of carbonyl (C=O) groups excluding carboxylic acids is 1. The lowest BCUT2D eigenvalue weighted by Crippen LogP contribution is -2.11. The van der Waals surface area contributed by atoms with Gasteiger partial charge in [0.25, 0.3) is 0 Å². The maximum Gasteiger partial charge on any atom is 0.145 e. The molecule has 0 aliphatic heterocycles. The minimum atomic E-state index is 0.334. The highest BCUT2D eigenvalue weighted by Gasteiger charge is 2.15. The Labute approximate surface area is 80.9 Å². The van der Waals surface area contributed by atoms with Gasteiger partial charge in [0.15, 0.2) is 0 Å². The molecule has 1 nitrogen and oxygen atoms in total. The van der Waals surface area contributed by atoms with Gasteiger partial charge in [0.1, 0.15) is 5.78 Å². The maximum absolute atomic E-state index is 11.4. The fourth-order valence-corrected chi connectivity index (χ4v) is 1.97. The van der Waals surface area contributed by atoms with Gasteiger partial charge in [-0.3, -0.25) is 4.79 Å². The van der Waals surface area contributed by atoms with Crippen LogP contribution in [0.25, 0.3) is 0 Å². The molecule has 13 heavy (non-hydrogen) atoms. The van der Waals surface area contributed by atoms with Crippen LogP contribution in [0.15, 0.2) is 0 Å². The summed E-state index contributed by atoms with van der Waals surface area (Å²) in [6.45, 7) is 1.79. The normalized spacial score (nSPS) is 17.6. The Morgan fingerprint density at radius 2 is 2.00 bits per heavy atom. The number of Topliss-reactive ketones (excluding diaryl/α,β-unsaturated/α-hetero) is 1. The second-order valence-corrected chi connectivity index (χ2v) is 3.85. The van der Waals surface area contributed by atoms with E-state index < -0.39 is 0 Å². The molecule has 0 N–H and O–H groups in total. The molecule has 0 aromatic heterocycles. The zero-order chi connectivity index (χ0) is 9.52. The van der Waals surface area contributed by atoms with E-state index in [0.717, 1.165) is 6.42 Å². The Morgan fingerprint density at radius 3 is 2.62 bits per heavy atom. The Kier molecular flexibility index (Phi) is 4.60. The van der Waals surface area contributed by atoms with E-state index in [4.69, 9.17) is 0 Å². The van der Waals surface area contributed by atoms with Gasteiger partial charge in [-0.05, 0) is 12.8 Å². The highest BCUT2D eigenvalue weighted by atomic mass is 16.1. The molecule has 0 aromatic rings. The summed E-state index contributed by atoms with van der Waals surface area (Å²) in [7, 11) is 0. The van der Waals surface area contributed by atoms with Crippen molar-refractivity contribution < 1.29 is 4.79 Å². The number of ketones is 1. The van der Waals surface area contributed by atoms with E-state index in [2.05, 4.69) is 11.8 Å². The van der Waals surface area contributed by atoms with E-state index in [1.54, 1.807) is 6.92 Å². The number of carbonyl (C=O) groups is 1. The highest BCUT2D eigenvalue weighted by Crippen LogP contribution is 2.26. The molecule has 0 atom stereocenters. The number of hydrogen-bond donors (Lipinski definition) is 0. The fourth-order valence-electron chi connectivity index (χ4n) is 1.97. The summed E-state index contributed by atoms with van der Waals surface area (Å²) in [5.74, 6) is 6.60. The lowest BCUT2D eigenvalue weighted by molar-refractivity contribution is -0.119. The fraction of sp³-hybridized carbons (Fsp3) is 0.750. The third-order valence-corrected chi connectivity index (χ3v) is 2.70. The quantitative estimate of drug-likeness (QED) is 0.607. The van der Waals surface area contributed by atoms with Crippen LogP contribution in [0.2, 0.25) is 0 Å². The third-order valence-electron chi connectivity index (χ3n) is 2.70. The Bertz CT molecular complexity index is 213. The smallest absolute Gasteiger partial charge is 0.145 e. The molecule has 1 rings (SSSR count). The Hall–Kier alpha value is -0.770. The molecule has 0 heterocycles. The van der Waals surface area contributed by atoms with Crippen LogP contribution in [0.1, 0.15) is 51.9 Å². The van der Waals surface area contributed by atoms with Gasteiger partial charge >= 0.3 is 0 Å². The molecule has 0 spiro atoms. The molecule has 0 bridgehead atoms. The van der Waals surface area contributed by atoms with Crippen molar-refractivity contribution in [3.05, 3.63) is 0 Å². The van der Waals surface area contributed by atoms with Crippen LogP contribution in [-0.2, 0) is 4.79 Å². The first-order valence-electron chi connectivity index (χ1n) is 5.24. The standard InChI is InChI=1S/C12H18O/c1-2-3-9-12(13)10-11-7-5-4-6-8-11/h11H,4-10H2,1H3. The zero-order valence-electron chi connectivity index (χ0n) is 8.44. The summed E-state index contributed by atoms with van der Waals surface area (Å²) in [6, 6.07) is 0. The molecule has 0 unspecified atom stereocenters. The van der Waals surface area contributed by atoms with Crippen LogP contribution in [0, 0.1) is 17.8 Å². The predicted octanol–water partition coefficient (Wildman–Crippen LogP) is 2.94. The molecule has 1 heteroatoms. The monoisotopic (exact) mass is 178 g/mol.